The van der Waals surface area contributed by atoms with Crippen molar-refractivity contribution in [2.24, 2.45) is 0 Å². The van der Waals surface area contributed by atoms with Gasteiger partial charge >= 0.3 is 17.9 Å². The Kier molecular flexibility index (Phi) is 42.1. The van der Waals surface area contributed by atoms with Crippen molar-refractivity contribution in [2.75, 3.05) is 13.2 Å². The van der Waals surface area contributed by atoms with Crippen LogP contribution in [-0.4, -0.2) is 37.2 Å². The smallest absolute Gasteiger partial charge is 0.306 e. The maximum absolute atomic E-state index is 12.7. The molecule has 0 amide bonds. The minimum atomic E-state index is -0.794. The maximum atomic E-state index is 12.7. The molecule has 6 heteroatoms. The van der Waals surface area contributed by atoms with Crippen LogP contribution in [-0.2, 0) is 28.6 Å². The Balaban J connectivity index is 4.42. The molecule has 0 N–H and O–H groups in total. The number of allylic oxidation sites excluding steroid dienone is 12. The van der Waals surface area contributed by atoms with Crippen LogP contribution in [0.4, 0.5) is 0 Å². The molecule has 0 spiro atoms. The Bertz CT molecular complexity index is 1080. The van der Waals surface area contributed by atoms with E-state index in [2.05, 4.69) is 93.7 Å². The first-order valence-electron chi connectivity index (χ1n) is 23.0. The molecule has 56 heavy (non-hydrogen) atoms. The summed E-state index contributed by atoms with van der Waals surface area (Å²) in [5.74, 6) is -0.954. The molecule has 0 aromatic rings. The van der Waals surface area contributed by atoms with Crippen molar-refractivity contribution >= 4 is 17.9 Å². The lowest BCUT2D eigenvalue weighted by Gasteiger charge is -2.18. The van der Waals surface area contributed by atoms with Gasteiger partial charge in [-0.15, -0.1) is 0 Å². The van der Waals surface area contributed by atoms with Gasteiger partial charge in [0.1, 0.15) is 13.2 Å². The zero-order chi connectivity index (χ0) is 40.8. The third-order valence-corrected chi connectivity index (χ3v) is 9.56. The predicted octanol–water partition coefficient (Wildman–Crippen LogP) is 14.7. The van der Waals surface area contributed by atoms with Crippen molar-refractivity contribution in [3.05, 3.63) is 72.9 Å². The highest BCUT2D eigenvalue weighted by Crippen LogP contribution is 2.13. The number of hydrogen-bond donors (Lipinski definition) is 0. The number of carbonyl (C=O) groups excluding carboxylic acids is 3. The highest BCUT2D eigenvalue weighted by atomic mass is 16.6. The number of carbonyl (C=O) groups is 3. The SMILES string of the molecule is CCCC/C=C\C=C/CCCCCC(=O)OC(COC(=O)CCCCCCC\C=C/C=C\C=C/C=C\CCCCC)COC(=O)CCCCCCCCCCC. The highest BCUT2D eigenvalue weighted by Gasteiger charge is 2.19. The summed E-state index contributed by atoms with van der Waals surface area (Å²) >= 11 is 0. The molecule has 0 bridgehead atoms. The van der Waals surface area contributed by atoms with Gasteiger partial charge in [0.25, 0.3) is 0 Å². The van der Waals surface area contributed by atoms with Gasteiger partial charge in [-0.3, -0.25) is 14.4 Å². The van der Waals surface area contributed by atoms with Crippen molar-refractivity contribution in [2.45, 2.75) is 213 Å². The topological polar surface area (TPSA) is 78.9 Å². The zero-order valence-corrected chi connectivity index (χ0v) is 36.4. The molecule has 0 aromatic carbocycles. The quantitative estimate of drug-likeness (QED) is 0.0267. The van der Waals surface area contributed by atoms with Crippen molar-refractivity contribution in [3.8, 4) is 0 Å². The van der Waals surface area contributed by atoms with E-state index in [0.29, 0.717) is 19.3 Å². The van der Waals surface area contributed by atoms with Gasteiger partial charge in [0, 0.05) is 19.3 Å². The van der Waals surface area contributed by atoms with Gasteiger partial charge in [0.2, 0.25) is 0 Å². The van der Waals surface area contributed by atoms with E-state index in [4.69, 9.17) is 14.2 Å². The molecular weight excluding hydrogens is 697 g/mol. The van der Waals surface area contributed by atoms with Crippen LogP contribution in [0.5, 0.6) is 0 Å². The second-order valence-electron chi connectivity index (χ2n) is 15.1. The summed E-state index contributed by atoms with van der Waals surface area (Å²) in [6.07, 6.45) is 54.5. The molecule has 0 aliphatic rings. The monoisotopic (exact) mass is 781 g/mol. The molecule has 0 saturated heterocycles. The van der Waals surface area contributed by atoms with Gasteiger partial charge in [-0.05, 0) is 64.2 Å². The van der Waals surface area contributed by atoms with Gasteiger partial charge in [0.15, 0.2) is 6.10 Å². The summed E-state index contributed by atoms with van der Waals surface area (Å²) in [5, 5.41) is 0. The normalized spacial score (nSPS) is 12.7. The average molecular weight is 781 g/mol. The molecular formula is C50H84O6. The standard InChI is InChI=1S/C50H84O6/c1-4-7-10-13-16-19-21-22-23-24-25-26-27-29-31-34-37-40-43-49(52)55-46-47(45-54-48(51)42-39-36-33-30-18-15-12-9-6-3)56-50(53)44-41-38-35-32-28-20-17-14-11-8-5-2/h14,16-17,19-26,28,47H,4-13,15,18,27,29-46H2,1-3H3/b17-14-,19-16-,22-21-,24-23-,26-25-,28-20-. The van der Waals surface area contributed by atoms with Crippen LogP contribution >= 0.6 is 0 Å². The van der Waals surface area contributed by atoms with Crippen molar-refractivity contribution in [1.82, 2.24) is 0 Å². The van der Waals surface area contributed by atoms with Crippen LogP contribution in [0.15, 0.2) is 72.9 Å². The predicted molar refractivity (Wildman–Crippen MR) is 238 cm³/mol. The molecule has 0 saturated carbocycles. The lowest BCUT2D eigenvalue weighted by molar-refractivity contribution is -0.167. The summed E-state index contributed by atoms with van der Waals surface area (Å²) in [6, 6.07) is 0. The van der Waals surface area contributed by atoms with E-state index in [-0.39, 0.29) is 31.1 Å². The summed E-state index contributed by atoms with van der Waals surface area (Å²) < 4.78 is 16.6. The summed E-state index contributed by atoms with van der Waals surface area (Å²) in [4.78, 5) is 37.7. The minimum Gasteiger partial charge on any atom is -0.462 e. The number of ether oxygens (including phenoxy) is 3. The molecule has 0 rings (SSSR count). The highest BCUT2D eigenvalue weighted by molar-refractivity contribution is 5.71. The van der Waals surface area contributed by atoms with Gasteiger partial charge in [-0.1, -0.05) is 196 Å². The lowest BCUT2D eigenvalue weighted by Crippen LogP contribution is -2.30. The molecule has 1 atom stereocenters. The fourth-order valence-electron chi connectivity index (χ4n) is 6.02. The van der Waals surface area contributed by atoms with E-state index >= 15 is 0 Å². The van der Waals surface area contributed by atoms with Crippen LogP contribution in [0.2, 0.25) is 0 Å². The van der Waals surface area contributed by atoms with Crippen LogP contribution in [0, 0.1) is 0 Å². The maximum Gasteiger partial charge on any atom is 0.306 e. The Morgan fingerprint density at radius 3 is 1.12 bits per heavy atom. The zero-order valence-electron chi connectivity index (χ0n) is 36.4. The largest absolute Gasteiger partial charge is 0.462 e. The van der Waals surface area contributed by atoms with Crippen molar-refractivity contribution in [1.29, 1.82) is 0 Å². The van der Waals surface area contributed by atoms with Gasteiger partial charge in [-0.2, -0.15) is 0 Å². The Labute approximate surface area is 344 Å². The van der Waals surface area contributed by atoms with Gasteiger partial charge in [-0.25, -0.2) is 0 Å². The first-order valence-corrected chi connectivity index (χ1v) is 23.0. The molecule has 1 unspecified atom stereocenters. The van der Waals surface area contributed by atoms with E-state index in [1.165, 1.54) is 70.6 Å². The minimum absolute atomic E-state index is 0.0939. The summed E-state index contributed by atoms with van der Waals surface area (Å²) in [5.41, 5.74) is 0. The van der Waals surface area contributed by atoms with E-state index in [0.717, 1.165) is 96.3 Å². The Morgan fingerprint density at radius 1 is 0.357 bits per heavy atom. The molecule has 0 aromatic heterocycles. The average Bonchev–Trinajstić information content (AvgIpc) is 3.19. The molecule has 0 heterocycles. The van der Waals surface area contributed by atoms with E-state index in [1.54, 1.807) is 0 Å². The third kappa shape index (κ3) is 42.0. The first kappa shape index (κ1) is 52.9. The van der Waals surface area contributed by atoms with Crippen LogP contribution in [0.3, 0.4) is 0 Å². The number of unbranched alkanes of at least 4 members (excludes halogenated alkanes) is 21. The molecule has 0 aliphatic carbocycles. The summed E-state index contributed by atoms with van der Waals surface area (Å²) in [7, 11) is 0. The number of esters is 3. The van der Waals surface area contributed by atoms with E-state index in [1.807, 2.05) is 0 Å². The number of rotatable bonds is 40. The van der Waals surface area contributed by atoms with Crippen molar-refractivity contribution in [3.63, 3.8) is 0 Å². The number of hydrogen-bond acceptors (Lipinski definition) is 6. The first-order chi connectivity index (χ1) is 27.5. The van der Waals surface area contributed by atoms with Crippen LogP contribution in [0.25, 0.3) is 0 Å². The lowest BCUT2D eigenvalue weighted by atomic mass is 10.1. The van der Waals surface area contributed by atoms with Crippen LogP contribution in [0.1, 0.15) is 207 Å². The van der Waals surface area contributed by atoms with Gasteiger partial charge in [0.05, 0.1) is 0 Å². The molecule has 0 radical (unpaired) electrons. The van der Waals surface area contributed by atoms with Gasteiger partial charge < -0.3 is 14.2 Å². The fraction of sp³-hybridized carbons (Fsp3) is 0.700. The van der Waals surface area contributed by atoms with Crippen LogP contribution < -0.4 is 0 Å². The second kappa shape index (κ2) is 44.6. The van der Waals surface area contributed by atoms with E-state index in [9.17, 15) is 14.4 Å². The Hall–Kier alpha value is -3.15. The van der Waals surface area contributed by atoms with Crippen molar-refractivity contribution < 1.29 is 28.6 Å². The Morgan fingerprint density at radius 2 is 0.661 bits per heavy atom. The summed E-state index contributed by atoms with van der Waals surface area (Å²) in [6.45, 7) is 6.46. The molecule has 0 fully saturated rings. The third-order valence-electron chi connectivity index (χ3n) is 9.56. The molecule has 0 aliphatic heterocycles. The second-order valence-corrected chi connectivity index (χ2v) is 15.1. The fourth-order valence-corrected chi connectivity index (χ4v) is 6.02. The molecule has 6 nitrogen and oxygen atoms in total. The van der Waals surface area contributed by atoms with E-state index < -0.39 is 6.10 Å². The molecule has 320 valence electrons.